The molecule has 1 aromatic carbocycles. The molecule has 0 N–H and O–H groups in total. The molecule has 1 atom stereocenters. The van der Waals surface area contributed by atoms with E-state index in [2.05, 4.69) is 4.90 Å². The first kappa shape index (κ1) is 25.8. The van der Waals surface area contributed by atoms with Gasteiger partial charge < -0.3 is 18.9 Å². The van der Waals surface area contributed by atoms with Crippen molar-refractivity contribution in [3.8, 4) is 17.2 Å². The predicted molar refractivity (Wildman–Crippen MR) is 118 cm³/mol. The Bertz CT molecular complexity index is 711. The van der Waals surface area contributed by atoms with Gasteiger partial charge in [0.25, 0.3) is 0 Å². The molecule has 0 aliphatic carbocycles. The van der Waals surface area contributed by atoms with Gasteiger partial charge >= 0.3 is 5.97 Å². The quantitative estimate of drug-likeness (QED) is 0.406. The monoisotopic (exact) mass is 441 g/mol. The zero-order chi connectivity index (χ0) is 21.2. The Morgan fingerprint density at radius 3 is 2.33 bits per heavy atom. The molecule has 1 saturated heterocycles. The molecule has 0 saturated carbocycles. The highest BCUT2D eigenvalue weighted by Gasteiger charge is 2.29. The first-order valence-corrected chi connectivity index (χ1v) is 9.95. The molecule has 1 aliphatic rings. The first-order chi connectivity index (χ1) is 14.0. The van der Waals surface area contributed by atoms with E-state index >= 15 is 0 Å². The number of esters is 1. The number of rotatable bonds is 10. The van der Waals surface area contributed by atoms with Crippen molar-refractivity contribution in [1.29, 1.82) is 0 Å². The van der Waals surface area contributed by atoms with E-state index in [0.29, 0.717) is 36.8 Å². The summed E-state index contributed by atoms with van der Waals surface area (Å²) < 4.78 is 21.1. The third-order valence-corrected chi connectivity index (χ3v) is 4.97. The van der Waals surface area contributed by atoms with Gasteiger partial charge in [-0.1, -0.05) is 12.5 Å². The number of halogens is 1. The van der Waals surface area contributed by atoms with Crippen molar-refractivity contribution >= 4 is 30.2 Å². The van der Waals surface area contributed by atoms with E-state index in [1.165, 1.54) is 0 Å². The lowest BCUT2D eigenvalue weighted by Crippen LogP contribution is -2.46. The van der Waals surface area contributed by atoms with Crippen LogP contribution in [-0.4, -0.2) is 63.7 Å². The summed E-state index contributed by atoms with van der Waals surface area (Å²) in [6.45, 7) is 3.54. The number of methoxy groups -OCH3 is 3. The van der Waals surface area contributed by atoms with Gasteiger partial charge in [-0.15, -0.1) is 12.4 Å². The van der Waals surface area contributed by atoms with Gasteiger partial charge in [0, 0.05) is 13.0 Å². The van der Waals surface area contributed by atoms with Gasteiger partial charge in [-0.2, -0.15) is 0 Å². The van der Waals surface area contributed by atoms with Gasteiger partial charge in [-0.3, -0.25) is 14.5 Å². The second kappa shape index (κ2) is 13.1. The summed E-state index contributed by atoms with van der Waals surface area (Å²) in [6.07, 6.45) is 6.45. The van der Waals surface area contributed by atoms with Gasteiger partial charge in [0.05, 0.1) is 27.9 Å². The van der Waals surface area contributed by atoms with Crippen molar-refractivity contribution in [1.82, 2.24) is 4.90 Å². The summed E-state index contributed by atoms with van der Waals surface area (Å²) >= 11 is 0. The number of carbonyl (C=O) groups is 2. The number of likely N-dealkylation sites (tertiary alicyclic amines) is 1. The van der Waals surface area contributed by atoms with Crippen LogP contribution in [0, 0.1) is 0 Å². The van der Waals surface area contributed by atoms with Crippen LogP contribution in [0.5, 0.6) is 17.2 Å². The van der Waals surface area contributed by atoms with E-state index in [9.17, 15) is 9.59 Å². The Labute approximate surface area is 184 Å². The Morgan fingerprint density at radius 2 is 1.77 bits per heavy atom. The van der Waals surface area contributed by atoms with Crippen molar-refractivity contribution < 1.29 is 28.5 Å². The number of nitrogens with zero attached hydrogens (tertiary/aromatic N) is 1. The number of benzene rings is 1. The summed E-state index contributed by atoms with van der Waals surface area (Å²) in [5.74, 6) is 1.38. The van der Waals surface area contributed by atoms with Crippen molar-refractivity contribution in [2.45, 2.75) is 38.6 Å². The number of ether oxygens (including phenoxy) is 4. The van der Waals surface area contributed by atoms with E-state index in [-0.39, 0.29) is 30.2 Å². The van der Waals surface area contributed by atoms with Crippen LogP contribution in [-0.2, 0) is 14.3 Å². The van der Waals surface area contributed by atoms with Gasteiger partial charge in [0.15, 0.2) is 17.3 Å². The maximum Gasteiger partial charge on any atom is 0.323 e. The lowest BCUT2D eigenvalue weighted by molar-refractivity contribution is -0.151. The van der Waals surface area contributed by atoms with E-state index < -0.39 is 0 Å². The highest BCUT2D eigenvalue weighted by Crippen LogP contribution is 2.38. The molecule has 0 radical (unpaired) electrons. The fraction of sp³-hybridized carbons (Fsp3) is 0.545. The average molecular weight is 442 g/mol. The molecule has 168 valence electrons. The fourth-order valence-corrected chi connectivity index (χ4v) is 3.49. The summed E-state index contributed by atoms with van der Waals surface area (Å²) in [5, 5.41) is 0. The number of carbonyl (C=O) groups excluding carboxylic acids is 2. The van der Waals surface area contributed by atoms with Crippen LogP contribution in [0.1, 0.15) is 38.2 Å². The second-order valence-electron chi connectivity index (χ2n) is 6.81. The molecule has 0 bridgehead atoms. The Kier molecular flexibility index (Phi) is 11.3. The maximum atomic E-state index is 12.4. The fourth-order valence-electron chi connectivity index (χ4n) is 3.49. The molecule has 1 aromatic rings. The minimum atomic E-state index is -0.240. The Hall–Kier alpha value is -2.25. The van der Waals surface area contributed by atoms with Crippen LogP contribution in [0.3, 0.4) is 0 Å². The smallest absolute Gasteiger partial charge is 0.323 e. The highest BCUT2D eigenvalue weighted by atomic mass is 35.5. The lowest BCUT2D eigenvalue weighted by atomic mass is 10.0. The van der Waals surface area contributed by atoms with Gasteiger partial charge in [-0.05, 0) is 50.1 Å². The average Bonchev–Trinajstić information content (AvgIpc) is 2.75. The molecule has 0 aromatic heterocycles. The molecular weight excluding hydrogens is 410 g/mol. The predicted octanol–water partition coefficient (Wildman–Crippen LogP) is 3.52. The van der Waals surface area contributed by atoms with Crippen LogP contribution in [0.2, 0.25) is 0 Å². The first-order valence-electron chi connectivity index (χ1n) is 9.95. The van der Waals surface area contributed by atoms with Crippen LogP contribution in [0.15, 0.2) is 18.2 Å². The molecule has 2 rings (SSSR count). The molecule has 1 fully saturated rings. The number of ketones is 1. The zero-order valence-electron chi connectivity index (χ0n) is 18.1. The normalized spacial score (nSPS) is 16.6. The largest absolute Gasteiger partial charge is 0.493 e. The third-order valence-electron chi connectivity index (χ3n) is 4.97. The van der Waals surface area contributed by atoms with Gasteiger partial charge in [0.1, 0.15) is 6.04 Å². The number of piperidine rings is 1. The summed E-state index contributed by atoms with van der Waals surface area (Å²) in [4.78, 5) is 26.6. The molecular formula is C22H32ClNO6. The molecule has 0 amide bonds. The summed E-state index contributed by atoms with van der Waals surface area (Å²) in [5.41, 5.74) is 0.773. The van der Waals surface area contributed by atoms with Crippen molar-refractivity contribution in [3.05, 3.63) is 23.8 Å². The van der Waals surface area contributed by atoms with Crippen LogP contribution in [0.25, 0.3) is 6.08 Å². The van der Waals surface area contributed by atoms with E-state index in [4.69, 9.17) is 18.9 Å². The molecule has 7 nitrogen and oxygen atoms in total. The summed E-state index contributed by atoms with van der Waals surface area (Å²) in [7, 11) is 4.65. The maximum absolute atomic E-state index is 12.4. The Morgan fingerprint density at radius 1 is 1.10 bits per heavy atom. The van der Waals surface area contributed by atoms with Crippen LogP contribution >= 0.6 is 12.4 Å². The summed E-state index contributed by atoms with van der Waals surface area (Å²) in [6, 6.07) is 3.33. The molecule has 0 spiro atoms. The topological polar surface area (TPSA) is 74.3 Å². The number of hydrogen-bond donors (Lipinski definition) is 0. The minimum absolute atomic E-state index is 0. The zero-order valence-corrected chi connectivity index (χ0v) is 19.0. The molecule has 1 heterocycles. The van der Waals surface area contributed by atoms with Crippen molar-refractivity contribution in [2.24, 2.45) is 0 Å². The number of hydrogen-bond acceptors (Lipinski definition) is 7. The Balaban J connectivity index is 0.00000450. The van der Waals surface area contributed by atoms with Crippen molar-refractivity contribution in [2.75, 3.05) is 41.0 Å². The SMILES string of the molecule is CCOC(=O)C1CCCCN1CCC(=O)C=Cc1cc(OC)c(OC)c(OC)c1.Cl. The molecule has 8 heteroatoms. The van der Waals surface area contributed by atoms with Gasteiger partial charge in [-0.25, -0.2) is 0 Å². The van der Waals surface area contributed by atoms with E-state index in [0.717, 1.165) is 31.4 Å². The third kappa shape index (κ3) is 6.92. The van der Waals surface area contributed by atoms with Crippen molar-refractivity contribution in [3.63, 3.8) is 0 Å². The number of allylic oxidation sites excluding steroid dienone is 1. The lowest BCUT2D eigenvalue weighted by Gasteiger charge is -2.33. The standard InChI is InChI=1S/C22H31NO6.ClH/c1-5-29-22(25)18-8-6-7-12-23(18)13-11-17(24)10-9-16-14-19(26-2)21(28-4)20(15-16)27-3;/h9-10,14-15,18H,5-8,11-13H2,1-4H3;1H. The highest BCUT2D eigenvalue weighted by molar-refractivity contribution is 5.93. The van der Waals surface area contributed by atoms with Gasteiger partial charge in [0.2, 0.25) is 5.75 Å². The molecule has 30 heavy (non-hydrogen) atoms. The van der Waals surface area contributed by atoms with E-state index in [1.807, 2.05) is 6.92 Å². The van der Waals surface area contributed by atoms with E-state index in [1.54, 1.807) is 45.6 Å². The second-order valence-corrected chi connectivity index (χ2v) is 6.81. The van der Waals surface area contributed by atoms with Crippen LogP contribution < -0.4 is 14.2 Å². The molecule has 1 unspecified atom stereocenters. The molecule has 1 aliphatic heterocycles. The van der Waals surface area contributed by atoms with Crippen LogP contribution in [0.4, 0.5) is 0 Å². The minimum Gasteiger partial charge on any atom is -0.493 e.